The maximum Gasteiger partial charge on any atom is 0.241 e. The molecule has 8 heteroatoms. The Kier molecular flexibility index (Phi) is 4.48. The summed E-state index contributed by atoms with van der Waals surface area (Å²) < 4.78 is 40.1. The molecule has 3 N–H and O–H groups in total. The van der Waals surface area contributed by atoms with Gasteiger partial charge < -0.3 is 5.73 Å². The van der Waals surface area contributed by atoms with E-state index in [0.717, 1.165) is 16.0 Å². The van der Waals surface area contributed by atoms with Gasteiger partial charge in [0.15, 0.2) is 0 Å². The molecule has 1 heterocycles. The predicted octanol–water partition coefficient (Wildman–Crippen LogP) is 1.53. The molecule has 0 spiro atoms. The summed E-state index contributed by atoms with van der Waals surface area (Å²) in [5, 5.41) is 0.854. The molecule has 108 valence electrons. The van der Waals surface area contributed by atoms with Gasteiger partial charge in [0.25, 0.3) is 0 Å². The van der Waals surface area contributed by atoms with Crippen LogP contribution in [-0.4, -0.2) is 13.4 Å². The summed E-state index contributed by atoms with van der Waals surface area (Å²) >= 11 is 1.40. The van der Waals surface area contributed by atoms with Crippen molar-refractivity contribution >= 4 is 21.4 Å². The molecule has 0 saturated heterocycles. The first kappa shape index (κ1) is 15.0. The van der Waals surface area contributed by atoms with Crippen LogP contribution in [0.15, 0.2) is 29.3 Å². The van der Waals surface area contributed by atoms with Crippen LogP contribution in [0.1, 0.15) is 15.4 Å². The predicted molar refractivity (Wildman–Crippen MR) is 75.2 cm³/mol. The molecule has 2 rings (SSSR count). The molecule has 0 radical (unpaired) electrons. The molecule has 20 heavy (non-hydrogen) atoms. The fourth-order valence-corrected chi connectivity index (χ4v) is 3.77. The minimum Gasteiger partial charge on any atom is -0.326 e. The van der Waals surface area contributed by atoms with Crippen LogP contribution >= 0.6 is 11.3 Å². The monoisotopic (exact) mass is 315 g/mol. The number of hydrogen-bond acceptors (Lipinski definition) is 5. The van der Waals surface area contributed by atoms with Crippen LogP contribution in [0, 0.1) is 12.7 Å². The molecule has 0 aliphatic rings. The smallest absolute Gasteiger partial charge is 0.241 e. The second-order valence-electron chi connectivity index (χ2n) is 4.13. The number of nitrogens with zero attached hydrogens (tertiary/aromatic N) is 1. The molecule has 5 nitrogen and oxygen atoms in total. The van der Waals surface area contributed by atoms with Crippen LogP contribution < -0.4 is 10.5 Å². The SMILES string of the molecule is Cc1ncc(CNS(=O)(=O)c2cc(F)ccc2CN)s1. The van der Waals surface area contributed by atoms with Gasteiger partial charge >= 0.3 is 0 Å². The van der Waals surface area contributed by atoms with Gasteiger partial charge in [0.05, 0.1) is 9.90 Å². The number of nitrogens with two attached hydrogens (primary N) is 1. The maximum atomic E-state index is 13.2. The highest BCUT2D eigenvalue weighted by Crippen LogP contribution is 2.18. The fourth-order valence-electron chi connectivity index (χ4n) is 1.68. The quantitative estimate of drug-likeness (QED) is 0.876. The molecule has 1 aromatic carbocycles. The Morgan fingerprint density at radius 3 is 2.80 bits per heavy atom. The van der Waals surface area contributed by atoms with E-state index in [9.17, 15) is 12.8 Å². The van der Waals surface area contributed by atoms with E-state index in [4.69, 9.17) is 5.73 Å². The van der Waals surface area contributed by atoms with E-state index >= 15 is 0 Å². The number of aryl methyl sites for hydroxylation is 1. The van der Waals surface area contributed by atoms with Gasteiger partial charge in [-0.05, 0) is 24.6 Å². The van der Waals surface area contributed by atoms with E-state index in [1.807, 2.05) is 6.92 Å². The van der Waals surface area contributed by atoms with Crippen LogP contribution in [0.3, 0.4) is 0 Å². The van der Waals surface area contributed by atoms with Crippen molar-refractivity contribution in [2.75, 3.05) is 0 Å². The number of halogens is 1. The molecule has 0 saturated carbocycles. The highest BCUT2D eigenvalue weighted by Gasteiger charge is 2.19. The third-order valence-electron chi connectivity index (χ3n) is 2.64. The van der Waals surface area contributed by atoms with E-state index in [-0.39, 0.29) is 18.0 Å². The first-order valence-corrected chi connectivity index (χ1v) is 8.12. The molecule has 0 unspecified atom stereocenters. The third-order valence-corrected chi connectivity index (χ3v) is 5.04. The zero-order chi connectivity index (χ0) is 14.8. The van der Waals surface area contributed by atoms with E-state index < -0.39 is 15.8 Å². The van der Waals surface area contributed by atoms with Crippen molar-refractivity contribution < 1.29 is 12.8 Å². The van der Waals surface area contributed by atoms with Crippen LogP contribution in [-0.2, 0) is 23.1 Å². The number of hydrogen-bond donors (Lipinski definition) is 2. The van der Waals surface area contributed by atoms with Gasteiger partial charge in [-0.25, -0.2) is 22.5 Å². The van der Waals surface area contributed by atoms with E-state index in [1.54, 1.807) is 6.20 Å². The Bertz CT molecular complexity index is 713. The van der Waals surface area contributed by atoms with Crippen molar-refractivity contribution in [3.05, 3.63) is 45.7 Å². The fraction of sp³-hybridized carbons (Fsp3) is 0.250. The molecule has 0 aliphatic carbocycles. The molecule has 0 atom stereocenters. The Hall–Kier alpha value is -1.35. The maximum absolute atomic E-state index is 13.2. The van der Waals surface area contributed by atoms with Gasteiger partial charge in [-0.3, -0.25) is 0 Å². The van der Waals surface area contributed by atoms with Crippen molar-refractivity contribution in [3.63, 3.8) is 0 Å². The van der Waals surface area contributed by atoms with E-state index in [0.29, 0.717) is 5.56 Å². The Balaban J connectivity index is 2.24. The van der Waals surface area contributed by atoms with Crippen LogP contribution in [0.5, 0.6) is 0 Å². The molecular weight excluding hydrogens is 301 g/mol. The zero-order valence-corrected chi connectivity index (χ0v) is 12.4. The highest BCUT2D eigenvalue weighted by atomic mass is 32.2. The second-order valence-corrected chi connectivity index (χ2v) is 7.18. The number of rotatable bonds is 5. The summed E-state index contributed by atoms with van der Waals surface area (Å²) in [7, 11) is -3.81. The lowest BCUT2D eigenvalue weighted by molar-refractivity contribution is 0.576. The normalized spacial score (nSPS) is 11.8. The number of sulfonamides is 1. The van der Waals surface area contributed by atoms with E-state index in [1.165, 1.54) is 23.5 Å². The van der Waals surface area contributed by atoms with Crippen LogP contribution in [0.2, 0.25) is 0 Å². The largest absolute Gasteiger partial charge is 0.326 e. The van der Waals surface area contributed by atoms with Gasteiger partial charge in [-0.1, -0.05) is 6.07 Å². The summed E-state index contributed by atoms with van der Waals surface area (Å²) in [6, 6.07) is 3.54. The first-order valence-electron chi connectivity index (χ1n) is 5.82. The van der Waals surface area contributed by atoms with Crippen molar-refractivity contribution in [2.45, 2.75) is 24.9 Å². The molecule has 0 amide bonds. The van der Waals surface area contributed by atoms with Crippen molar-refractivity contribution in [3.8, 4) is 0 Å². The first-order chi connectivity index (χ1) is 9.42. The number of nitrogens with one attached hydrogen (secondary N) is 1. The average Bonchev–Trinajstić information content (AvgIpc) is 2.82. The standard InChI is InChI=1S/C12H14FN3O2S2/c1-8-15-6-11(19-8)7-16-20(17,18)12-4-10(13)3-2-9(12)5-14/h2-4,6,16H,5,7,14H2,1H3. The molecule has 0 bridgehead atoms. The third kappa shape index (κ3) is 3.40. The van der Waals surface area contributed by atoms with E-state index in [2.05, 4.69) is 9.71 Å². The average molecular weight is 315 g/mol. The van der Waals surface area contributed by atoms with Gasteiger partial charge in [0.2, 0.25) is 10.0 Å². The van der Waals surface area contributed by atoms with Crippen molar-refractivity contribution in [2.24, 2.45) is 5.73 Å². The Morgan fingerprint density at radius 1 is 1.45 bits per heavy atom. The van der Waals surface area contributed by atoms with Crippen LogP contribution in [0.25, 0.3) is 0 Å². The van der Waals surface area contributed by atoms with Crippen LogP contribution in [0.4, 0.5) is 4.39 Å². The molecule has 0 fully saturated rings. The minimum atomic E-state index is -3.81. The van der Waals surface area contributed by atoms with Gasteiger partial charge in [-0.2, -0.15) is 0 Å². The summed E-state index contributed by atoms with van der Waals surface area (Å²) in [6.45, 7) is 1.98. The molecule has 0 aliphatic heterocycles. The molecule has 2 aromatic rings. The molecular formula is C12H14FN3O2S2. The summed E-state index contributed by atoms with van der Waals surface area (Å²) in [5.41, 5.74) is 5.86. The second kappa shape index (κ2) is 5.96. The lowest BCUT2D eigenvalue weighted by Crippen LogP contribution is -2.24. The van der Waals surface area contributed by atoms with Gasteiger partial charge in [0.1, 0.15) is 5.82 Å². The lowest BCUT2D eigenvalue weighted by atomic mass is 10.2. The zero-order valence-electron chi connectivity index (χ0n) is 10.8. The number of thiazole rings is 1. The number of benzene rings is 1. The highest BCUT2D eigenvalue weighted by molar-refractivity contribution is 7.89. The van der Waals surface area contributed by atoms with Gasteiger partial charge in [0, 0.05) is 24.2 Å². The van der Waals surface area contributed by atoms with Gasteiger partial charge in [-0.15, -0.1) is 11.3 Å². The lowest BCUT2D eigenvalue weighted by Gasteiger charge is -2.10. The summed E-state index contributed by atoms with van der Waals surface area (Å²) in [4.78, 5) is 4.71. The topological polar surface area (TPSA) is 85.1 Å². The minimum absolute atomic E-state index is 0.0240. The molecule has 1 aromatic heterocycles. The summed E-state index contributed by atoms with van der Waals surface area (Å²) in [5.74, 6) is -0.615. The Morgan fingerprint density at radius 2 is 2.20 bits per heavy atom. The summed E-state index contributed by atoms with van der Waals surface area (Å²) in [6.07, 6.45) is 1.61. The Labute approximate surface area is 120 Å². The van der Waals surface area contributed by atoms with Crippen molar-refractivity contribution in [1.29, 1.82) is 0 Å². The number of aromatic nitrogens is 1. The van der Waals surface area contributed by atoms with Crippen molar-refractivity contribution in [1.82, 2.24) is 9.71 Å².